The Morgan fingerprint density at radius 2 is 1.60 bits per heavy atom. The van der Waals surface area contributed by atoms with E-state index < -0.39 is 0 Å². The summed E-state index contributed by atoms with van der Waals surface area (Å²) in [6, 6.07) is 15.1. The summed E-state index contributed by atoms with van der Waals surface area (Å²) in [7, 11) is 0. The van der Waals surface area contributed by atoms with Crippen molar-refractivity contribution in [2.24, 2.45) is 5.92 Å². The Hall–Kier alpha value is -2.37. The van der Waals surface area contributed by atoms with Crippen molar-refractivity contribution in [1.29, 1.82) is 0 Å². The zero-order valence-electron chi connectivity index (χ0n) is 17.5. The number of hydrogen-bond acceptors (Lipinski definition) is 3. The van der Waals surface area contributed by atoms with E-state index in [4.69, 9.17) is 11.6 Å². The molecule has 2 amide bonds. The Balaban J connectivity index is 1.34. The minimum Gasteiger partial charge on any atom is -0.352 e. The van der Waals surface area contributed by atoms with E-state index in [2.05, 4.69) is 46.7 Å². The molecule has 1 saturated heterocycles. The van der Waals surface area contributed by atoms with Crippen LogP contribution in [0.4, 0.5) is 0 Å². The molecule has 0 radical (unpaired) electrons. The van der Waals surface area contributed by atoms with E-state index in [1.807, 2.05) is 0 Å². The monoisotopic (exact) mass is 427 g/mol. The largest absolute Gasteiger partial charge is 0.352 e. The lowest BCUT2D eigenvalue weighted by atomic mass is 9.99. The van der Waals surface area contributed by atoms with Gasteiger partial charge >= 0.3 is 0 Å². The van der Waals surface area contributed by atoms with E-state index in [9.17, 15) is 9.59 Å². The molecule has 1 heterocycles. The molecule has 30 heavy (non-hydrogen) atoms. The Morgan fingerprint density at radius 1 is 0.967 bits per heavy atom. The summed E-state index contributed by atoms with van der Waals surface area (Å²) in [4.78, 5) is 26.6. The van der Waals surface area contributed by atoms with Gasteiger partial charge in [-0.05, 0) is 67.2 Å². The maximum absolute atomic E-state index is 12.0. The number of nitrogens with zero attached hydrogens (tertiary/aromatic N) is 1. The van der Waals surface area contributed by atoms with Crippen LogP contribution in [0.15, 0.2) is 48.5 Å². The van der Waals surface area contributed by atoms with Crippen LogP contribution in [0.2, 0.25) is 5.02 Å². The Labute approximate surface area is 183 Å². The normalized spacial score (nSPS) is 15.0. The summed E-state index contributed by atoms with van der Waals surface area (Å²) in [5, 5.41) is 6.24. The molecule has 2 N–H and O–H groups in total. The number of rotatable bonds is 8. The molecule has 0 spiro atoms. The van der Waals surface area contributed by atoms with Gasteiger partial charge in [0, 0.05) is 36.6 Å². The zero-order chi connectivity index (χ0) is 21.3. The molecule has 0 unspecified atom stereocenters. The van der Waals surface area contributed by atoms with Crippen LogP contribution in [-0.2, 0) is 17.9 Å². The van der Waals surface area contributed by atoms with Gasteiger partial charge in [-0.2, -0.15) is 0 Å². The summed E-state index contributed by atoms with van der Waals surface area (Å²) >= 11 is 5.82. The van der Waals surface area contributed by atoms with E-state index in [1.54, 1.807) is 24.3 Å². The lowest BCUT2D eigenvalue weighted by Gasteiger charge is -2.30. The number of amides is 2. The number of carbonyl (C=O) groups excluding carboxylic acids is 2. The third kappa shape index (κ3) is 7.15. The predicted octanol–water partition coefficient (Wildman–Crippen LogP) is 4.01. The van der Waals surface area contributed by atoms with Crippen LogP contribution < -0.4 is 10.6 Å². The minimum absolute atomic E-state index is 0.0853. The molecule has 5 nitrogen and oxygen atoms in total. The summed E-state index contributed by atoms with van der Waals surface area (Å²) in [5.41, 5.74) is 2.91. The molecule has 6 heteroatoms. The zero-order valence-corrected chi connectivity index (χ0v) is 18.3. The molecule has 1 fully saturated rings. The van der Waals surface area contributed by atoms with Gasteiger partial charge in [0.05, 0.1) is 0 Å². The third-order valence-corrected chi connectivity index (χ3v) is 5.79. The average Bonchev–Trinajstić information content (AvgIpc) is 2.75. The van der Waals surface area contributed by atoms with Crippen molar-refractivity contribution in [2.75, 3.05) is 19.6 Å². The molecule has 2 aromatic rings. The van der Waals surface area contributed by atoms with Crippen LogP contribution in [0.5, 0.6) is 0 Å². The van der Waals surface area contributed by atoms with Crippen LogP contribution in [0.3, 0.4) is 0 Å². The van der Waals surface area contributed by atoms with Gasteiger partial charge in [0.2, 0.25) is 5.91 Å². The number of hydrogen-bond donors (Lipinski definition) is 2. The van der Waals surface area contributed by atoms with E-state index in [1.165, 1.54) is 31.5 Å². The summed E-state index contributed by atoms with van der Waals surface area (Å²) in [6.45, 7) is 6.45. The van der Waals surface area contributed by atoms with Crippen LogP contribution in [0.25, 0.3) is 0 Å². The molecule has 160 valence electrons. The van der Waals surface area contributed by atoms with Crippen molar-refractivity contribution in [3.8, 4) is 0 Å². The van der Waals surface area contributed by atoms with Crippen molar-refractivity contribution in [2.45, 2.75) is 39.3 Å². The molecule has 0 aliphatic carbocycles. The van der Waals surface area contributed by atoms with Gasteiger partial charge < -0.3 is 10.6 Å². The maximum atomic E-state index is 12.0. The van der Waals surface area contributed by atoms with Crippen LogP contribution >= 0.6 is 11.6 Å². The highest BCUT2D eigenvalue weighted by molar-refractivity contribution is 6.30. The van der Waals surface area contributed by atoms with Crippen molar-refractivity contribution in [1.82, 2.24) is 15.5 Å². The fourth-order valence-corrected chi connectivity index (χ4v) is 3.65. The second-order valence-corrected chi connectivity index (χ2v) is 8.50. The first-order valence-corrected chi connectivity index (χ1v) is 11.0. The van der Waals surface area contributed by atoms with E-state index in [0.29, 0.717) is 23.7 Å². The number of likely N-dealkylation sites (tertiary alicyclic amines) is 1. The van der Waals surface area contributed by atoms with Gasteiger partial charge in [-0.3, -0.25) is 14.5 Å². The SMILES string of the molecule is CC1CCN(Cc2ccc(CNC(=O)CCNC(=O)c3ccc(Cl)cc3)cc2)CC1. The Morgan fingerprint density at radius 3 is 2.27 bits per heavy atom. The fourth-order valence-electron chi connectivity index (χ4n) is 3.52. The molecule has 0 bridgehead atoms. The van der Waals surface area contributed by atoms with Crippen LogP contribution in [0, 0.1) is 5.92 Å². The maximum Gasteiger partial charge on any atom is 0.251 e. The van der Waals surface area contributed by atoms with E-state index in [0.717, 1.165) is 18.0 Å². The van der Waals surface area contributed by atoms with Crippen LogP contribution in [0.1, 0.15) is 47.7 Å². The number of halogens is 1. The fraction of sp³-hybridized carbons (Fsp3) is 0.417. The molecule has 1 aliphatic heterocycles. The molecular weight excluding hydrogens is 398 g/mol. The van der Waals surface area contributed by atoms with Crippen LogP contribution in [-0.4, -0.2) is 36.3 Å². The molecule has 1 aliphatic rings. The molecule has 0 atom stereocenters. The first-order chi connectivity index (χ1) is 14.5. The Bertz CT molecular complexity index is 829. The summed E-state index contributed by atoms with van der Waals surface area (Å²) < 4.78 is 0. The second kappa shape index (κ2) is 11.1. The molecule has 0 aromatic heterocycles. The topological polar surface area (TPSA) is 61.4 Å². The number of piperidine rings is 1. The van der Waals surface area contributed by atoms with Crippen molar-refractivity contribution < 1.29 is 9.59 Å². The highest BCUT2D eigenvalue weighted by atomic mass is 35.5. The molecular formula is C24H30ClN3O2. The average molecular weight is 428 g/mol. The highest BCUT2D eigenvalue weighted by Gasteiger charge is 2.15. The van der Waals surface area contributed by atoms with Gasteiger partial charge in [-0.1, -0.05) is 42.8 Å². The lowest BCUT2D eigenvalue weighted by molar-refractivity contribution is -0.121. The molecule has 0 saturated carbocycles. The third-order valence-electron chi connectivity index (χ3n) is 5.54. The van der Waals surface area contributed by atoms with Gasteiger partial charge in [-0.25, -0.2) is 0 Å². The van der Waals surface area contributed by atoms with Gasteiger partial charge in [0.25, 0.3) is 5.91 Å². The van der Waals surface area contributed by atoms with Crippen molar-refractivity contribution in [3.05, 3.63) is 70.2 Å². The quantitative estimate of drug-likeness (QED) is 0.669. The van der Waals surface area contributed by atoms with Gasteiger partial charge in [0.1, 0.15) is 0 Å². The predicted molar refractivity (Wildman–Crippen MR) is 120 cm³/mol. The minimum atomic E-state index is -0.210. The highest BCUT2D eigenvalue weighted by Crippen LogP contribution is 2.18. The summed E-state index contributed by atoms with van der Waals surface area (Å²) in [5.74, 6) is 0.550. The second-order valence-electron chi connectivity index (χ2n) is 8.06. The van der Waals surface area contributed by atoms with E-state index >= 15 is 0 Å². The van der Waals surface area contributed by atoms with E-state index in [-0.39, 0.29) is 18.2 Å². The smallest absolute Gasteiger partial charge is 0.251 e. The first-order valence-electron chi connectivity index (χ1n) is 10.6. The van der Waals surface area contributed by atoms with Crippen molar-refractivity contribution in [3.63, 3.8) is 0 Å². The molecule has 3 rings (SSSR count). The van der Waals surface area contributed by atoms with Gasteiger partial charge in [-0.15, -0.1) is 0 Å². The standard InChI is InChI=1S/C24H30ClN3O2/c1-18-11-14-28(15-12-18)17-20-4-2-19(3-5-20)16-27-23(29)10-13-26-24(30)21-6-8-22(25)9-7-21/h2-9,18H,10-17H2,1H3,(H,26,30)(H,27,29). The molecule has 2 aromatic carbocycles. The summed E-state index contributed by atoms with van der Waals surface area (Å²) in [6.07, 6.45) is 2.80. The number of nitrogens with one attached hydrogen (secondary N) is 2. The van der Waals surface area contributed by atoms with Crippen molar-refractivity contribution >= 4 is 23.4 Å². The Kier molecular flexibility index (Phi) is 8.29. The number of benzene rings is 2. The van der Waals surface area contributed by atoms with Gasteiger partial charge in [0.15, 0.2) is 0 Å². The lowest BCUT2D eigenvalue weighted by Crippen LogP contribution is -2.32. The number of carbonyl (C=O) groups is 2. The first kappa shape index (κ1) is 22.3.